The summed E-state index contributed by atoms with van der Waals surface area (Å²) in [7, 11) is 1.95. The molecule has 0 bridgehead atoms. The third-order valence-electron chi connectivity index (χ3n) is 4.45. The Kier molecular flexibility index (Phi) is 5.62. The first-order chi connectivity index (χ1) is 10.2. The Morgan fingerprint density at radius 3 is 2.67 bits per heavy atom. The summed E-state index contributed by atoms with van der Waals surface area (Å²) in [6, 6.07) is 8.83. The Morgan fingerprint density at radius 1 is 1.33 bits per heavy atom. The van der Waals surface area contributed by atoms with Gasteiger partial charge in [-0.15, -0.1) is 0 Å². The van der Waals surface area contributed by atoms with Crippen LogP contribution in [0.25, 0.3) is 0 Å². The molecule has 2 N–H and O–H groups in total. The third-order valence-corrected chi connectivity index (χ3v) is 4.45. The molecule has 2 amide bonds. The minimum absolute atomic E-state index is 0.0379. The first-order valence-electron chi connectivity index (χ1n) is 8.00. The zero-order chi connectivity index (χ0) is 15.2. The van der Waals surface area contributed by atoms with E-state index in [0.717, 1.165) is 31.5 Å². The Hall–Kier alpha value is -1.55. The van der Waals surface area contributed by atoms with Crippen molar-refractivity contribution < 1.29 is 4.79 Å². The number of hydrogen-bond donors (Lipinski definition) is 2. The van der Waals surface area contributed by atoms with Crippen molar-refractivity contribution in [3.8, 4) is 0 Å². The van der Waals surface area contributed by atoms with Crippen molar-refractivity contribution in [2.75, 3.05) is 18.9 Å². The fourth-order valence-electron chi connectivity index (χ4n) is 2.91. The number of nitrogens with one attached hydrogen (secondary N) is 2. The topological polar surface area (TPSA) is 44.4 Å². The standard InChI is InChI=1S/C17H27N3O/c1-4-16-7-5-6-12-20(16)17(21)19-15-10-8-14(9-11-15)13(2)18-3/h8-11,13,16,18H,4-7,12H2,1-3H3,(H,19,21). The number of carbonyl (C=O) groups is 1. The summed E-state index contributed by atoms with van der Waals surface area (Å²) in [5, 5.41) is 6.24. The molecular weight excluding hydrogens is 262 g/mol. The molecule has 116 valence electrons. The van der Waals surface area contributed by atoms with Crippen LogP contribution < -0.4 is 10.6 Å². The van der Waals surface area contributed by atoms with Crippen LogP contribution in [0.4, 0.5) is 10.5 Å². The molecule has 4 nitrogen and oxygen atoms in total. The van der Waals surface area contributed by atoms with E-state index in [4.69, 9.17) is 0 Å². The van der Waals surface area contributed by atoms with E-state index in [2.05, 4.69) is 36.6 Å². The molecule has 4 heteroatoms. The van der Waals surface area contributed by atoms with E-state index < -0.39 is 0 Å². The van der Waals surface area contributed by atoms with Gasteiger partial charge >= 0.3 is 6.03 Å². The largest absolute Gasteiger partial charge is 0.322 e. The lowest BCUT2D eigenvalue weighted by atomic mass is 10.0. The average Bonchev–Trinajstić information content (AvgIpc) is 2.54. The summed E-state index contributed by atoms with van der Waals surface area (Å²) in [6.07, 6.45) is 4.51. The summed E-state index contributed by atoms with van der Waals surface area (Å²) >= 11 is 0. The van der Waals surface area contributed by atoms with Crippen molar-refractivity contribution in [3.05, 3.63) is 29.8 Å². The number of anilines is 1. The van der Waals surface area contributed by atoms with Crippen molar-refractivity contribution in [1.82, 2.24) is 10.2 Å². The maximum atomic E-state index is 12.4. The van der Waals surface area contributed by atoms with Gasteiger partial charge in [0.25, 0.3) is 0 Å². The minimum Gasteiger partial charge on any atom is -0.322 e. The smallest absolute Gasteiger partial charge is 0.322 e. The van der Waals surface area contributed by atoms with Crippen molar-refractivity contribution >= 4 is 11.7 Å². The molecule has 0 aliphatic carbocycles. The zero-order valence-corrected chi connectivity index (χ0v) is 13.4. The van der Waals surface area contributed by atoms with E-state index in [-0.39, 0.29) is 6.03 Å². The van der Waals surface area contributed by atoms with Crippen LogP contribution in [0.5, 0.6) is 0 Å². The molecule has 1 aromatic rings. The van der Waals surface area contributed by atoms with Gasteiger partial charge in [0.05, 0.1) is 0 Å². The third kappa shape index (κ3) is 3.97. The van der Waals surface area contributed by atoms with Gasteiger partial charge in [0.15, 0.2) is 0 Å². The molecule has 1 saturated heterocycles. The van der Waals surface area contributed by atoms with Gasteiger partial charge in [-0.05, 0) is 57.4 Å². The van der Waals surface area contributed by atoms with Gasteiger partial charge in [-0.1, -0.05) is 19.1 Å². The molecule has 1 aliphatic heterocycles. The molecule has 21 heavy (non-hydrogen) atoms. The monoisotopic (exact) mass is 289 g/mol. The second-order valence-corrected chi connectivity index (χ2v) is 5.81. The highest BCUT2D eigenvalue weighted by Gasteiger charge is 2.25. The Bertz CT molecular complexity index is 458. The summed E-state index contributed by atoms with van der Waals surface area (Å²) in [5.41, 5.74) is 2.09. The van der Waals surface area contributed by atoms with Crippen molar-refractivity contribution in [3.63, 3.8) is 0 Å². The molecule has 1 aliphatic rings. The normalized spacial score (nSPS) is 20.1. The van der Waals surface area contributed by atoms with Gasteiger partial charge in [0, 0.05) is 24.3 Å². The van der Waals surface area contributed by atoms with Crippen LogP contribution in [0.3, 0.4) is 0 Å². The van der Waals surface area contributed by atoms with Crippen LogP contribution in [0.2, 0.25) is 0 Å². The molecule has 1 fully saturated rings. The highest BCUT2D eigenvalue weighted by molar-refractivity contribution is 5.89. The molecular formula is C17H27N3O. The second kappa shape index (κ2) is 7.46. The molecule has 1 aromatic carbocycles. The molecule has 0 saturated carbocycles. The maximum Gasteiger partial charge on any atom is 0.322 e. The predicted octanol–water partition coefficient (Wildman–Crippen LogP) is 3.76. The van der Waals surface area contributed by atoms with Gasteiger partial charge in [0.1, 0.15) is 0 Å². The van der Waals surface area contributed by atoms with Crippen LogP contribution in [-0.4, -0.2) is 30.6 Å². The highest BCUT2D eigenvalue weighted by Crippen LogP contribution is 2.21. The Morgan fingerprint density at radius 2 is 2.05 bits per heavy atom. The lowest BCUT2D eigenvalue weighted by Gasteiger charge is -2.35. The summed E-state index contributed by atoms with van der Waals surface area (Å²) in [4.78, 5) is 14.4. The maximum absolute atomic E-state index is 12.4. The van der Waals surface area contributed by atoms with E-state index in [1.54, 1.807) is 0 Å². The van der Waals surface area contributed by atoms with E-state index in [1.165, 1.54) is 12.0 Å². The molecule has 2 unspecified atom stereocenters. The van der Waals surface area contributed by atoms with Crippen LogP contribution in [0.15, 0.2) is 24.3 Å². The molecule has 0 radical (unpaired) electrons. The number of hydrogen-bond acceptors (Lipinski definition) is 2. The van der Waals surface area contributed by atoms with E-state index in [1.807, 2.05) is 24.1 Å². The number of benzene rings is 1. The van der Waals surface area contributed by atoms with Crippen molar-refractivity contribution in [2.45, 2.75) is 51.6 Å². The van der Waals surface area contributed by atoms with Crippen LogP contribution in [-0.2, 0) is 0 Å². The summed E-state index contributed by atoms with van der Waals surface area (Å²) in [6.45, 7) is 5.15. The van der Waals surface area contributed by atoms with Crippen molar-refractivity contribution in [2.24, 2.45) is 0 Å². The van der Waals surface area contributed by atoms with E-state index >= 15 is 0 Å². The molecule has 2 atom stereocenters. The SMILES string of the molecule is CCC1CCCCN1C(=O)Nc1ccc(C(C)NC)cc1. The lowest BCUT2D eigenvalue weighted by molar-refractivity contribution is 0.160. The van der Waals surface area contributed by atoms with Crippen LogP contribution >= 0.6 is 0 Å². The average molecular weight is 289 g/mol. The number of piperidine rings is 1. The molecule has 1 heterocycles. The van der Waals surface area contributed by atoms with Gasteiger partial charge in [-0.2, -0.15) is 0 Å². The number of amides is 2. The molecule has 0 spiro atoms. The van der Waals surface area contributed by atoms with Gasteiger partial charge in [0.2, 0.25) is 0 Å². The van der Waals surface area contributed by atoms with E-state index in [0.29, 0.717) is 12.1 Å². The molecule has 0 aromatic heterocycles. The van der Waals surface area contributed by atoms with Gasteiger partial charge in [-0.3, -0.25) is 0 Å². The summed E-state index contributed by atoms with van der Waals surface area (Å²) in [5.74, 6) is 0. The van der Waals surface area contributed by atoms with Crippen molar-refractivity contribution in [1.29, 1.82) is 0 Å². The fraction of sp³-hybridized carbons (Fsp3) is 0.588. The lowest BCUT2D eigenvalue weighted by Crippen LogP contribution is -2.45. The number of carbonyl (C=O) groups excluding carboxylic acids is 1. The van der Waals surface area contributed by atoms with E-state index in [9.17, 15) is 4.79 Å². The zero-order valence-electron chi connectivity index (χ0n) is 13.4. The Labute approximate surface area is 127 Å². The fourth-order valence-corrected chi connectivity index (χ4v) is 2.91. The van der Waals surface area contributed by atoms with Crippen LogP contribution in [0.1, 0.15) is 51.1 Å². The number of rotatable bonds is 4. The first kappa shape index (κ1) is 15.8. The first-order valence-corrected chi connectivity index (χ1v) is 8.00. The Balaban J connectivity index is 1.98. The highest BCUT2D eigenvalue weighted by atomic mass is 16.2. The number of urea groups is 1. The van der Waals surface area contributed by atoms with Gasteiger partial charge < -0.3 is 15.5 Å². The number of likely N-dealkylation sites (tertiary alicyclic amines) is 1. The quantitative estimate of drug-likeness (QED) is 0.886. The van der Waals surface area contributed by atoms with Crippen LogP contribution in [0, 0.1) is 0 Å². The minimum atomic E-state index is 0.0379. The molecule has 2 rings (SSSR count). The summed E-state index contributed by atoms with van der Waals surface area (Å²) < 4.78 is 0. The second-order valence-electron chi connectivity index (χ2n) is 5.81. The number of nitrogens with zero attached hydrogens (tertiary/aromatic N) is 1. The van der Waals surface area contributed by atoms with Gasteiger partial charge in [-0.25, -0.2) is 4.79 Å². The predicted molar refractivity (Wildman–Crippen MR) is 87.6 cm³/mol.